The highest BCUT2D eigenvalue weighted by atomic mass is 16.5. The number of carboxylic acid groups (broad SMARTS) is 1. The second-order valence-corrected chi connectivity index (χ2v) is 4.84. The van der Waals surface area contributed by atoms with Crippen molar-refractivity contribution in [2.45, 2.75) is 31.9 Å². The minimum absolute atomic E-state index is 0.258. The average Bonchev–Trinajstić information content (AvgIpc) is 3.05. The molecule has 1 N–H and O–H groups in total. The van der Waals surface area contributed by atoms with Crippen LogP contribution in [0.15, 0.2) is 24.5 Å². The second kappa shape index (κ2) is 5.01. The maximum atomic E-state index is 11.1. The number of para-hydroxylation sites is 1. The molecule has 5 nitrogen and oxygen atoms in total. The molecule has 1 aliphatic rings. The molecular weight excluding hydrogens is 244 g/mol. The molecule has 1 aromatic heterocycles. The fourth-order valence-electron chi connectivity index (χ4n) is 2.59. The first kappa shape index (κ1) is 12.2. The molecule has 0 radical (unpaired) electrons. The number of hydrogen-bond donors (Lipinski definition) is 1. The average molecular weight is 260 g/mol. The Morgan fingerprint density at radius 1 is 1.53 bits per heavy atom. The van der Waals surface area contributed by atoms with E-state index in [2.05, 4.69) is 4.98 Å². The molecule has 0 saturated carbocycles. The van der Waals surface area contributed by atoms with Crippen LogP contribution in [-0.2, 0) is 11.3 Å². The van der Waals surface area contributed by atoms with Gasteiger partial charge in [0.25, 0.3) is 0 Å². The Balaban J connectivity index is 1.84. The molecule has 1 aliphatic heterocycles. The summed E-state index contributed by atoms with van der Waals surface area (Å²) in [6.07, 6.45) is 5.25. The van der Waals surface area contributed by atoms with Crippen LogP contribution in [0.4, 0.5) is 0 Å². The fraction of sp³-hybridized carbons (Fsp3) is 0.429. The topological polar surface area (TPSA) is 64.3 Å². The predicted molar refractivity (Wildman–Crippen MR) is 70.3 cm³/mol. The maximum Gasteiger partial charge on any atom is 0.337 e. The zero-order valence-corrected chi connectivity index (χ0v) is 10.6. The normalized spacial score (nSPS) is 19.1. The van der Waals surface area contributed by atoms with Crippen LogP contribution in [0.5, 0.6) is 0 Å². The Labute approximate surface area is 110 Å². The zero-order chi connectivity index (χ0) is 13.2. The van der Waals surface area contributed by atoms with Crippen LogP contribution in [0.1, 0.15) is 29.6 Å². The molecule has 1 fully saturated rings. The van der Waals surface area contributed by atoms with Crippen molar-refractivity contribution in [3.63, 3.8) is 0 Å². The molecule has 2 aromatic rings. The van der Waals surface area contributed by atoms with Crippen molar-refractivity contribution in [3.8, 4) is 0 Å². The number of hydrogen-bond acceptors (Lipinski definition) is 3. The quantitative estimate of drug-likeness (QED) is 0.916. The Morgan fingerprint density at radius 3 is 3.16 bits per heavy atom. The third-order valence-corrected chi connectivity index (χ3v) is 3.60. The molecule has 3 rings (SSSR count). The SMILES string of the molecule is O=C(O)c1cccc2c1ncn2CCC1CCCO1. The molecule has 100 valence electrons. The molecule has 19 heavy (non-hydrogen) atoms. The Morgan fingerprint density at radius 2 is 2.42 bits per heavy atom. The lowest BCUT2D eigenvalue weighted by atomic mass is 10.1. The molecule has 1 atom stereocenters. The van der Waals surface area contributed by atoms with E-state index < -0.39 is 5.97 Å². The Bertz CT molecular complexity index is 600. The number of imidazole rings is 1. The summed E-state index contributed by atoms with van der Waals surface area (Å²) in [7, 11) is 0. The number of aromatic nitrogens is 2. The number of ether oxygens (including phenoxy) is 1. The van der Waals surface area contributed by atoms with Gasteiger partial charge in [-0.1, -0.05) is 6.07 Å². The van der Waals surface area contributed by atoms with Crippen LogP contribution >= 0.6 is 0 Å². The van der Waals surface area contributed by atoms with E-state index in [9.17, 15) is 4.79 Å². The van der Waals surface area contributed by atoms with E-state index in [-0.39, 0.29) is 5.56 Å². The molecule has 0 spiro atoms. The van der Waals surface area contributed by atoms with E-state index in [0.717, 1.165) is 37.9 Å². The molecule has 2 heterocycles. The van der Waals surface area contributed by atoms with Crippen LogP contribution in [-0.4, -0.2) is 33.3 Å². The van der Waals surface area contributed by atoms with Gasteiger partial charge in [-0.15, -0.1) is 0 Å². The van der Waals surface area contributed by atoms with Gasteiger partial charge in [-0.25, -0.2) is 9.78 Å². The third kappa shape index (κ3) is 2.33. The largest absolute Gasteiger partial charge is 0.478 e. The van der Waals surface area contributed by atoms with Crippen LogP contribution < -0.4 is 0 Å². The van der Waals surface area contributed by atoms with Crippen molar-refractivity contribution in [1.29, 1.82) is 0 Å². The molecular formula is C14H16N2O3. The van der Waals surface area contributed by atoms with Crippen molar-refractivity contribution in [3.05, 3.63) is 30.1 Å². The van der Waals surface area contributed by atoms with Gasteiger partial charge < -0.3 is 14.4 Å². The first-order valence-electron chi connectivity index (χ1n) is 6.54. The van der Waals surface area contributed by atoms with E-state index in [1.54, 1.807) is 18.5 Å². The van der Waals surface area contributed by atoms with Crippen LogP contribution in [0.3, 0.4) is 0 Å². The van der Waals surface area contributed by atoms with Gasteiger partial charge in [0.2, 0.25) is 0 Å². The van der Waals surface area contributed by atoms with E-state index >= 15 is 0 Å². The van der Waals surface area contributed by atoms with Gasteiger partial charge in [-0.3, -0.25) is 0 Å². The lowest BCUT2D eigenvalue weighted by molar-refractivity contribution is 0.0699. The molecule has 5 heteroatoms. The highest BCUT2D eigenvalue weighted by Crippen LogP contribution is 2.20. The number of nitrogens with zero attached hydrogens (tertiary/aromatic N) is 2. The van der Waals surface area contributed by atoms with Gasteiger partial charge in [0.05, 0.1) is 23.5 Å². The summed E-state index contributed by atoms with van der Waals surface area (Å²) >= 11 is 0. The lowest BCUT2D eigenvalue weighted by Gasteiger charge is -2.10. The van der Waals surface area contributed by atoms with Crippen molar-refractivity contribution < 1.29 is 14.6 Å². The highest BCUT2D eigenvalue weighted by Gasteiger charge is 2.16. The van der Waals surface area contributed by atoms with Crippen molar-refractivity contribution in [2.75, 3.05) is 6.61 Å². The molecule has 0 bridgehead atoms. The van der Waals surface area contributed by atoms with Gasteiger partial charge in [0.1, 0.15) is 5.52 Å². The van der Waals surface area contributed by atoms with Crippen molar-refractivity contribution in [2.24, 2.45) is 0 Å². The van der Waals surface area contributed by atoms with Gasteiger partial charge in [0, 0.05) is 13.2 Å². The smallest absolute Gasteiger partial charge is 0.337 e. The monoisotopic (exact) mass is 260 g/mol. The van der Waals surface area contributed by atoms with E-state index in [1.807, 2.05) is 10.6 Å². The number of aromatic carboxylic acids is 1. The summed E-state index contributed by atoms with van der Waals surface area (Å²) in [4.78, 5) is 15.3. The predicted octanol–water partition coefficient (Wildman–Crippen LogP) is 2.30. The van der Waals surface area contributed by atoms with Crippen molar-refractivity contribution >= 4 is 17.0 Å². The van der Waals surface area contributed by atoms with Crippen molar-refractivity contribution in [1.82, 2.24) is 9.55 Å². The number of aryl methyl sites for hydroxylation is 1. The first-order valence-corrected chi connectivity index (χ1v) is 6.54. The van der Waals surface area contributed by atoms with Gasteiger partial charge >= 0.3 is 5.97 Å². The Kier molecular flexibility index (Phi) is 3.21. The molecule has 1 aromatic carbocycles. The van der Waals surface area contributed by atoms with E-state index in [1.165, 1.54) is 0 Å². The van der Waals surface area contributed by atoms with Crippen LogP contribution in [0.2, 0.25) is 0 Å². The van der Waals surface area contributed by atoms with Crippen LogP contribution in [0, 0.1) is 0 Å². The van der Waals surface area contributed by atoms with Crippen LogP contribution in [0.25, 0.3) is 11.0 Å². The summed E-state index contributed by atoms with van der Waals surface area (Å²) in [5, 5.41) is 9.13. The number of carboxylic acids is 1. The Hall–Kier alpha value is -1.88. The summed E-state index contributed by atoms with van der Waals surface area (Å²) in [6.45, 7) is 1.67. The molecule has 0 aliphatic carbocycles. The number of benzene rings is 1. The van der Waals surface area contributed by atoms with E-state index in [4.69, 9.17) is 9.84 Å². The van der Waals surface area contributed by atoms with Gasteiger partial charge in [-0.05, 0) is 31.4 Å². The third-order valence-electron chi connectivity index (χ3n) is 3.60. The molecule has 1 unspecified atom stereocenters. The maximum absolute atomic E-state index is 11.1. The molecule has 0 amide bonds. The van der Waals surface area contributed by atoms with Gasteiger partial charge in [-0.2, -0.15) is 0 Å². The lowest BCUT2D eigenvalue weighted by Crippen LogP contribution is -2.09. The first-order chi connectivity index (χ1) is 9.25. The minimum atomic E-state index is -0.935. The molecule has 1 saturated heterocycles. The zero-order valence-electron chi connectivity index (χ0n) is 10.6. The van der Waals surface area contributed by atoms with E-state index in [0.29, 0.717) is 11.6 Å². The summed E-state index contributed by atoms with van der Waals surface area (Å²) in [6, 6.07) is 5.25. The number of rotatable bonds is 4. The summed E-state index contributed by atoms with van der Waals surface area (Å²) < 4.78 is 7.60. The highest BCUT2D eigenvalue weighted by molar-refractivity contribution is 6.00. The standard InChI is InChI=1S/C14H16N2O3/c17-14(18)11-4-1-5-12-13(11)15-9-16(12)7-6-10-3-2-8-19-10/h1,4-5,9-10H,2-3,6-8H2,(H,17,18). The minimum Gasteiger partial charge on any atom is -0.478 e. The summed E-state index contributed by atoms with van der Waals surface area (Å²) in [5.74, 6) is -0.935. The number of carbonyl (C=O) groups is 1. The van der Waals surface area contributed by atoms with Gasteiger partial charge in [0.15, 0.2) is 0 Å². The number of fused-ring (bicyclic) bond motifs is 1. The second-order valence-electron chi connectivity index (χ2n) is 4.84. The summed E-state index contributed by atoms with van der Waals surface area (Å²) in [5.41, 5.74) is 1.69. The fourth-order valence-corrected chi connectivity index (χ4v) is 2.59.